The molecular formula is C101H125Br2ClN12Na2O19S9. The summed E-state index contributed by atoms with van der Waals surface area (Å²) in [4.78, 5) is 48.4. The standard InChI is InChI=1S/C17H20N2O4S2.2C16H18N2O4S2.C11H14ClNO2S.C11H15NO3S.C11H15N.C7H9N.C6H7NO2S.C4H8Br2.C2H3N.2Na/c1-12-11-13(5-6-15(12)19-8-3-4-9-19)25(21,22)18-14-7-10-24-16(14)17(20)23-2;2*1-11-10-12(4-5-14(11)18-7-2-3-8-18)24(21,22)17-13-6-9-23-15(13)16(19)20;1-9-8-10(16(12,14)15)4-5-11(9)13-6-2-3-7-13;1-9-8-10(16(13,14)15)4-5-11(9)12-6-2-3-7-12;1-10-6-2-3-7-11(10)12-8-4-5-9-12;1-6-4-2-3-5-7(6)8;1-9-6(8)5-4(7)2-3-10-5;5-3-1-2-4-6;1-2-3;;/h5-7,10-11,18H,3-4,8-9H2,1-2H3;4-6,9-10,19-20H,2-3,7-8H2,1H3;4-6,9-10,17H,2-3,7-8H2,1H3,(H,19,20);4-5,8H,2-3,6-7H2,1H3;4-5,8H,2-3,6-7H2,1H3,(H,13,14,15);2-3,6-7H,4-5,8-9H2,1H3;2-5H,8H2,1H3;2-3H,7H2,1H3;1-4H2;1H3;;/q;;;;;;;;;;2*+1/p-2. The molecule has 17 rings (SSSR count). The van der Waals surface area contributed by atoms with E-state index in [0.29, 0.717) is 10.6 Å². The van der Waals surface area contributed by atoms with Gasteiger partial charge in [-0.05, 0) is 326 Å². The van der Waals surface area contributed by atoms with Crippen LogP contribution in [0, 0.1) is 59.8 Å². The van der Waals surface area contributed by atoms with E-state index in [2.05, 4.69) is 116 Å². The van der Waals surface area contributed by atoms with E-state index >= 15 is 0 Å². The second kappa shape index (κ2) is 61.8. The number of methoxy groups -OCH3 is 2. The van der Waals surface area contributed by atoms with Crippen molar-refractivity contribution in [1.29, 1.82) is 5.26 Å². The zero-order chi connectivity index (χ0) is 106. The quantitative estimate of drug-likeness (QED) is 0.00536. The van der Waals surface area contributed by atoms with Gasteiger partial charge >= 0.3 is 77.0 Å². The molecule has 3 aromatic heterocycles. The molecular weight excluding hydrogens is 2220 g/mol. The topological polar surface area (TPSA) is 459 Å². The first-order valence-corrected chi connectivity index (χ1v) is 60.3. The number of hydrogen-bond acceptors (Lipinski definition) is 30. The summed E-state index contributed by atoms with van der Waals surface area (Å²) in [6.45, 7) is 27.6. The summed E-state index contributed by atoms with van der Waals surface area (Å²) >= 11 is 10.9. The van der Waals surface area contributed by atoms with Crippen molar-refractivity contribution in [3.8, 4) is 6.07 Å². The number of nitrogen functional groups attached to an aromatic ring is 2. The molecule has 7 aromatic carbocycles. The van der Waals surface area contributed by atoms with E-state index in [1.165, 1.54) is 144 Å². The number of thioether (sulfide) groups is 1. The van der Waals surface area contributed by atoms with Crippen molar-refractivity contribution in [2.75, 3.05) is 154 Å². The number of nitrogens with zero attached hydrogens (tertiary/aromatic N) is 8. The zero-order valence-electron chi connectivity index (χ0n) is 84.1. The van der Waals surface area contributed by atoms with Crippen molar-refractivity contribution in [3.05, 3.63) is 250 Å². The summed E-state index contributed by atoms with van der Waals surface area (Å²) in [7, 11) is -11.4. The number of hydrogen-bond donors (Lipinski definition) is 6. The van der Waals surface area contributed by atoms with Gasteiger partial charge in [-0.3, -0.25) is 14.0 Å². The van der Waals surface area contributed by atoms with Crippen LogP contribution in [0.15, 0.2) is 225 Å². The minimum absolute atomic E-state index is 0. The monoisotopic (exact) mass is 2340 g/mol. The van der Waals surface area contributed by atoms with E-state index in [9.17, 15) is 66.7 Å². The molecule has 7 aliphatic rings. The van der Waals surface area contributed by atoms with Gasteiger partial charge < -0.3 is 65.7 Å². The van der Waals surface area contributed by atoms with Crippen LogP contribution in [-0.4, -0.2) is 179 Å². The molecule has 8 N–H and O–H groups in total. The van der Waals surface area contributed by atoms with E-state index < -0.39 is 67.1 Å². The van der Waals surface area contributed by atoms with Crippen LogP contribution in [0.1, 0.15) is 165 Å². The minimum atomic E-state index is -4.08. The Morgan fingerprint density at radius 2 is 0.753 bits per heavy atom. The number of carbonyl (C=O) groups excluding carboxylic acids is 2. The predicted octanol–water partition coefficient (Wildman–Crippen LogP) is 14.0. The summed E-state index contributed by atoms with van der Waals surface area (Å²) in [6, 6.07) is 47.7. The van der Waals surface area contributed by atoms with Crippen LogP contribution in [0.5, 0.6) is 0 Å². The number of carboxylic acid groups (broad SMARTS) is 1. The molecule has 6 fully saturated rings. The fourth-order valence-corrected chi connectivity index (χ4v) is 24.7. The largest absolute Gasteiger partial charge is 1.00 e. The van der Waals surface area contributed by atoms with Crippen LogP contribution < -0.4 is 120 Å². The number of halogens is 3. The molecule has 6 saturated heterocycles. The average molecular weight is 2340 g/mol. The van der Waals surface area contributed by atoms with Crippen LogP contribution in [-0.2, 0) is 58.7 Å². The van der Waals surface area contributed by atoms with E-state index in [-0.39, 0.29) is 121 Å². The maximum Gasteiger partial charge on any atom is 1.00 e. The Kier molecular flexibility index (Phi) is 53.4. The molecule has 146 heavy (non-hydrogen) atoms. The normalized spacial score (nSPS) is 14.7. The number of anilines is 10. The number of carbonyl (C=O) groups is 3. The van der Waals surface area contributed by atoms with Crippen molar-refractivity contribution in [2.45, 2.75) is 170 Å². The molecule has 10 heterocycles. The van der Waals surface area contributed by atoms with Gasteiger partial charge in [-0.15, -0.1) is 34.0 Å². The fourth-order valence-electron chi connectivity index (χ4n) is 16.1. The Bertz CT molecular complexity index is 6620. The maximum absolute atomic E-state index is 12.7. The predicted molar refractivity (Wildman–Crippen MR) is 589 cm³/mol. The van der Waals surface area contributed by atoms with Gasteiger partial charge in [0, 0.05) is 152 Å². The Hall–Kier alpha value is -8.40. The first kappa shape index (κ1) is 126. The van der Waals surface area contributed by atoms with Crippen molar-refractivity contribution < 1.29 is 145 Å². The number of thiophene rings is 3. The molecule has 45 heteroatoms. The molecule has 0 spiro atoms. The molecule has 0 aliphatic carbocycles. The first-order chi connectivity index (χ1) is 68.4. The van der Waals surface area contributed by atoms with Crippen molar-refractivity contribution in [1.82, 2.24) is 0 Å². The minimum Gasteiger partial charge on any atom is -0.883 e. The van der Waals surface area contributed by atoms with Crippen LogP contribution >= 0.6 is 88.3 Å². The van der Waals surface area contributed by atoms with Crippen molar-refractivity contribution in [3.63, 3.8) is 0 Å². The number of ether oxygens (including phenoxy) is 2. The van der Waals surface area contributed by atoms with Crippen LogP contribution in [0.4, 0.5) is 56.9 Å². The number of allylic oxidation sites excluding steroid dienone is 2. The first-order valence-electron chi connectivity index (χ1n) is 46.4. The van der Waals surface area contributed by atoms with Gasteiger partial charge in [-0.2, -0.15) is 32.4 Å². The summed E-state index contributed by atoms with van der Waals surface area (Å²) in [5.74, 6) is -3.51. The fraction of sp³-hybridized carbons (Fsp3) is 0.376. The molecule has 0 bridgehead atoms. The number of nitriles is 1. The molecule has 0 radical (unpaired) electrons. The summed E-state index contributed by atoms with van der Waals surface area (Å²) < 4.78 is 146. The van der Waals surface area contributed by atoms with Gasteiger partial charge in [0.2, 0.25) is 0 Å². The van der Waals surface area contributed by atoms with Crippen LogP contribution in [0.3, 0.4) is 0 Å². The van der Waals surface area contributed by atoms with E-state index in [1.54, 1.807) is 88.9 Å². The zero-order valence-corrected chi connectivity index (χ0v) is 99.3. The molecule has 780 valence electrons. The number of benzene rings is 7. The van der Waals surface area contributed by atoms with Gasteiger partial charge in [-0.1, -0.05) is 80.0 Å². The number of carboxylic acids is 1. The number of nitrogens with two attached hydrogens (primary N) is 2. The number of sulfonamides is 3. The SMILES string of the molecule is BrCCCCBr.CC#N.COC(=O)c1sccc1N.COC(=O)c1sccc1NS(=O)(=O)c1ccc(N2CCCC2)c(C)c1.Cc1cc(S(=O)(=O)Cl)ccc1N1CCCC1.Cc1cc(S(=O)(=O)N=C2C=CSC2=C([O-])[O-])ccc1N1CCCC1.Cc1cc(S(=O)(=O)Nc2ccsc2C(=O)O)ccc1N1CCCC1.Cc1cc(S(=O)(=O)O)ccc1N1CCCC1.Cc1ccccc1N.Cc1ccccc1N1CCCC1.[Na+].[Na+]. The third-order valence-electron chi connectivity index (χ3n) is 23.3. The summed E-state index contributed by atoms with van der Waals surface area (Å²) in [5.41, 5.74) is 26.3. The van der Waals surface area contributed by atoms with Gasteiger partial charge in [0.15, 0.2) is 0 Å². The van der Waals surface area contributed by atoms with Gasteiger partial charge in [0.05, 0.1) is 67.5 Å². The van der Waals surface area contributed by atoms with Crippen molar-refractivity contribution >= 4 is 218 Å². The number of nitrogens with one attached hydrogen (secondary N) is 2. The van der Waals surface area contributed by atoms with E-state index in [1.807, 2.05) is 84.0 Å². The third kappa shape index (κ3) is 38.5. The Balaban J connectivity index is 0.000000257. The van der Waals surface area contributed by atoms with E-state index in [4.69, 9.17) is 37.1 Å². The third-order valence-corrected chi connectivity index (χ3v) is 34.3. The molecule has 0 amide bonds. The number of aryl methyl sites for hydroxylation is 7. The van der Waals surface area contributed by atoms with Gasteiger partial charge in [0.1, 0.15) is 14.6 Å². The number of alkyl halides is 2. The smallest absolute Gasteiger partial charge is 0.883 e. The number of para-hydroxylation sites is 2. The van der Waals surface area contributed by atoms with Crippen molar-refractivity contribution in [2.24, 2.45) is 4.40 Å². The maximum atomic E-state index is 12.7. The van der Waals surface area contributed by atoms with Crippen LogP contribution in [0.25, 0.3) is 0 Å². The summed E-state index contributed by atoms with van der Waals surface area (Å²) in [5, 5.41) is 47.1. The van der Waals surface area contributed by atoms with Gasteiger partial charge in [-0.25, -0.2) is 39.6 Å². The second-order valence-corrected chi connectivity index (χ2v) is 48.0. The number of aromatic carboxylic acids is 1. The number of esters is 2. The number of unbranched alkanes of at least 4 members (excludes halogenated alkanes) is 1. The Morgan fingerprint density at radius 1 is 0.445 bits per heavy atom. The Labute approximate surface area is 941 Å². The molecule has 31 nitrogen and oxygen atoms in total. The number of rotatable bonds is 22. The van der Waals surface area contributed by atoms with Crippen LogP contribution in [0.2, 0.25) is 0 Å². The second-order valence-electron chi connectivity index (χ2n) is 33.8. The molecule has 7 aliphatic heterocycles. The molecule has 0 saturated carbocycles. The molecule has 10 aromatic rings. The molecule has 0 atom stereocenters. The Morgan fingerprint density at radius 3 is 1.08 bits per heavy atom. The summed E-state index contributed by atoms with van der Waals surface area (Å²) in [6.07, 6.45) is 18.3. The van der Waals surface area contributed by atoms with Gasteiger partial charge in [0.25, 0.3) is 49.2 Å². The average Bonchev–Trinajstić information content (AvgIpc) is 1.47. The molecule has 0 unspecified atom stereocenters. The van der Waals surface area contributed by atoms with E-state index in [0.717, 1.165) is 217 Å².